The van der Waals surface area contributed by atoms with Crippen molar-refractivity contribution in [2.24, 2.45) is 5.92 Å². The Morgan fingerprint density at radius 1 is 1.29 bits per heavy atom. The van der Waals surface area contributed by atoms with Gasteiger partial charge in [-0.3, -0.25) is 14.7 Å². The number of amides is 1. The summed E-state index contributed by atoms with van der Waals surface area (Å²) in [5, 5.41) is 1.23. The van der Waals surface area contributed by atoms with Gasteiger partial charge in [-0.2, -0.15) is 0 Å². The second-order valence-corrected chi connectivity index (χ2v) is 8.48. The summed E-state index contributed by atoms with van der Waals surface area (Å²) in [6.45, 7) is 5.88. The van der Waals surface area contributed by atoms with Crippen LogP contribution in [-0.4, -0.2) is 61.0 Å². The maximum atomic E-state index is 12.4. The Balaban J connectivity index is 1.47. The highest BCUT2D eigenvalue weighted by atomic mass is 32.2. The summed E-state index contributed by atoms with van der Waals surface area (Å²) >= 11 is 0. The van der Waals surface area contributed by atoms with Gasteiger partial charge in [0.15, 0.2) is 9.84 Å². The lowest BCUT2D eigenvalue weighted by Crippen LogP contribution is -2.48. The molecule has 2 aliphatic rings. The minimum absolute atomic E-state index is 0.0513. The van der Waals surface area contributed by atoms with E-state index in [4.69, 9.17) is 0 Å². The standard InChI is InChI=1S/C17H23N3O3S/c1-14-3-2-5-18-16(14)12-19-6-8-20(9-7-19)17(21)11-15-4-10-24(22,23)13-15/h2-5,10,15H,6-9,11-13H2,1H3. The average Bonchev–Trinajstić information content (AvgIpc) is 2.89. The maximum Gasteiger partial charge on any atom is 0.223 e. The van der Waals surface area contributed by atoms with Crippen LogP contribution < -0.4 is 0 Å². The fourth-order valence-corrected chi connectivity index (χ4v) is 4.57. The molecule has 3 heterocycles. The van der Waals surface area contributed by atoms with Crippen LogP contribution in [0.25, 0.3) is 0 Å². The molecule has 6 nitrogen and oxygen atoms in total. The predicted molar refractivity (Wildman–Crippen MR) is 91.9 cm³/mol. The fraction of sp³-hybridized carbons (Fsp3) is 0.529. The molecule has 1 aromatic heterocycles. The lowest BCUT2D eigenvalue weighted by atomic mass is 10.1. The number of hydrogen-bond donors (Lipinski definition) is 0. The number of rotatable bonds is 4. The molecule has 0 radical (unpaired) electrons. The molecule has 1 atom stereocenters. The first kappa shape index (κ1) is 17.1. The van der Waals surface area contributed by atoms with Crippen molar-refractivity contribution in [3.8, 4) is 0 Å². The predicted octanol–water partition coefficient (Wildman–Crippen LogP) is 0.983. The molecule has 1 saturated heterocycles. The number of hydrogen-bond acceptors (Lipinski definition) is 5. The zero-order chi connectivity index (χ0) is 17.2. The topological polar surface area (TPSA) is 70.6 Å². The molecule has 24 heavy (non-hydrogen) atoms. The Morgan fingerprint density at radius 3 is 2.67 bits per heavy atom. The molecule has 0 aliphatic carbocycles. The maximum absolute atomic E-state index is 12.4. The van der Waals surface area contributed by atoms with Gasteiger partial charge < -0.3 is 4.90 Å². The van der Waals surface area contributed by atoms with Gasteiger partial charge in [-0.25, -0.2) is 8.42 Å². The Kier molecular flexibility index (Phi) is 5.01. The van der Waals surface area contributed by atoms with Gasteiger partial charge in [-0.05, 0) is 18.6 Å². The highest BCUT2D eigenvalue weighted by Gasteiger charge is 2.27. The summed E-state index contributed by atoms with van der Waals surface area (Å²) < 4.78 is 22.8. The van der Waals surface area contributed by atoms with Crippen molar-refractivity contribution in [2.45, 2.75) is 19.9 Å². The molecule has 1 unspecified atom stereocenters. The minimum Gasteiger partial charge on any atom is -0.340 e. The van der Waals surface area contributed by atoms with E-state index in [0.29, 0.717) is 13.1 Å². The molecule has 0 saturated carbocycles. The number of sulfone groups is 1. The van der Waals surface area contributed by atoms with E-state index in [-0.39, 0.29) is 24.0 Å². The highest BCUT2D eigenvalue weighted by molar-refractivity contribution is 7.94. The average molecular weight is 349 g/mol. The molecular weight excluding hydrogens is 326 g/mol. The zero-order valence-corrected chi connectivity index (χ0v) is 14.7. The number of aromatic nitrogens is 1. The molecule has 2 aliphatic heterocycles. The van der Waals surface area contributed by atoms with Gasteiger partial charge in [0, 0.05) is 56.7 Å². The first-order valence-electron chi connectivity index (χ1n) is 8.24. The van der Waals surface area contributed by atoms with E-state index in [1.54, 1.807) is 6.08 Å². The fourth-order valence-electron chi connectivity index (χ4n) is 3.17. The van der Waals surface area contributed by atoms with Gasteiger partial charge in [0.2, 0.25) is 5.91 Å². The van der Waals surface area contributed by atoms with Crippen LogP contribution in [0.4, 0.5) is 0 Å². The third-order valence-electron chi connectivity index (χ3n) is 4.66. The molecule has 3 rings (SSSR count). The van der Waals surface area contributed by atoms with Crippen molar-refractivity contribution >= 4 is 15.7 Å². The second kappa shape index (κ2) is 7.03. The molecule has 130 valence electrons. The van der Waals surface area contributed by atoms with Crippen molar-refractivity contribution < 1.29 is 13.2 Å². The molecule has 1 amide bonds. The van der Waals surface area contributed by atoms with Gasteiger partial charge in [-0.1, -0.05) is 12.1 Å². The van der Waals surface area contributed by atoms with Crippen LogP contribution >= 0.6 is 0 Å². The lowest BCUT2D eigenvalue weighted by molar-refractivity contribution is -0.133. The largest absolute Gasteiger partial charge is 0.340 e. The summed E-state index contributed by atoms with van der Waals surface area (Å²) in [5.74, 6) is -0.0513. The molecular formula is C17H23N3O3S. The summed E-state index contributed by atoms with van der Waals surface area (Å²) in [7, 11) is -3.09. The smallest absolute Gasteiger partial charge is 0.223 e. The molecule has 0 aromatic carbocycles. The summed E-state index contributed by atoms with van der Waals surface area (Å²) in [6.07, 6.45) is 3.74. The van der Waals surface area contributed by atoms with E-state index in [1.807, 2.05) is 17.2 Å². The number of aryl methyl sites for hydroxylation is 1. The van der Waals surface area contributed by atoms with Crippen molar-refractivity contribution in [3.05, 3.63) is 41.1 Å². The Labute approximate surface area is 143 Å². The lowest BCUT2D eigenvalue weighted by Gasteiger charge is -2.35. The third-order valence-corrected chi connectivity index (χ3v) is 6.12. The van der Waals surface area contributed by atoms with Gasteiger partial charge >= 0.3 is 0 Å². The highest BCUT2D eigenvalue weighted by Crippen LogP contribution is 2.20. The molecule has 7 heteroatoms. The minimum atomic E-state index is -3.09. The number of nitrogens with zero attached hydrogens (tertiary/aromatic N) is 3. The first-order chi connectivity index (χ1) is 11.4. The quantitative estimate of drug-likeness (QED) is 0.810. The number of carbonyl (C=O) groups excluding carboxylic acids is 1. The van der Waals surface area contributed by atoms with Crippen molar-refractivity contribution in [2.75, 3.05) is 31.9 Å². The van der Waals surface area contributed by atoms with Crippen molar-refractivity contribution in [1.29, 1.82) is 0 Å². The second-order valence-electron chi connectivity index (χ2n) is 6.55. The SMILES string of the molecule is Cc1cccnc1CN1CCN(C(=O)CC2C=CS(=O)(=O)C2)CC1. The molecule has 0 N–H and O–H groups in total. The third kappa shape index (κ3) is 4.21. The van der Waals surface area contributed by atoms with E-state index in [0.717, 1.165) is 25.3 Å². The molecule has 0 spiro atoms. The van der Waals surface area contributed by atoms with Crippen LogP contribution in [0.5, 0.6) is 0 Å². The van der Waals surface area contributed by atoms with Gasteiger partial charge in [0.1, 0.15) is 0 Å². The van der Waals surface area contributed by atoms with E-state index in [1.165, 1.54) is 11.0 Å². The van der Waals surface area contributed by atoms with Crippen LogP contribution in [-0.2, 0) is 21.2 Å². The normalized spacial score (nSPS) is 23.5. The summed E-state index contributed by atoms with van der Waals surface area (Å²) in [4.78, 5) is 20.9. The summed E-state index contributed by atoms with van der Waals surface area (Å²) in [5.41, 5.74) is 2.27. The zero-order valence-electron chi connectivity index (χ0n) is 13.9. The van der Waals surface area contributed by atoms with Crippen LogP contribution in [0, 0.1) is 12.8 Å². The van der Waals surface area contributed by atoms with E-state index < -0.39 is 9.84 Å². The van der Waals surface area contributed by atoms with Gasteiger partial charge in [0.25, 0.3) is 0 Å². The van der Waals surface area contributed by atoms with Crippen LogP contribution in [0.3, 0.4) is 0 Å². The number of piperazine rings is 1. The Hall–Kier alpha value is -1.73. The van der Waals surface area contributed by atoms with Gasteiger partial charge in [-0.15, -0.1) is 0 Å². The molecule has 1 fully saturated rings. The first-order valence-corrected chi connectivity index (χ1v) is 9.96. The Bertz CT molecular complexity index is 737. The molecule has 1 aromatic rings. The van der Waals surface area contributed by atoms with Crippen LogP contribution in [0.1, 0.15) is 17.7 Å². The van der Waals surface area contributed by atoms with E-state index >= 15 is 0 Å². The molecule has 0 bridgehead atoms. The Morgan fingerprint density at radius 2 is 2.04 bits per heavy atom. The van der Waals surface area contributed by atoms with E-state index in [2.05, 4.69) is 22.9 Å². The number of allylic oxidation sites excluding steroid dienone is 1. The number of carbonyl (C=O) groups is 1. The van der Waals surface area contributed by atoms with Gasteiger partial charge in [0.05, 0.1) is 11.4 Å². The number of pyridine rings is 1. The van der Waals surface area contributed by atoms with Crippen LogP contribution in [0.15, 0.2) is 29.8 Å². The van der Waals surface area contributed by atoms with E-state index in [9.17, 15) is 13.2 Å². The van der Waals surface area contributed by atoms with Crippen LogP contribution in [0.2, 0.25) is 0 Å². The van der Waals surface area contributed by atoms with Crippen molar-refractivity contribution in [1.82, 2.24) is 14.8 Å². The van der Waals surface area contributed by atoms with Crippen molar-refractivity contribution in [3.63, 3.8) is 0 Å². The summed E-state index contributed by atoms with van der Waals surface area (Å²) in [6, 6.07) is 4.00. The monoisotopic (exact) mass is 349 g/mol.